The average Bonchev–Trinajstić information content (AvgIpc) is 2.06. The second kappa shape index (κ2) is 4.21. The summed E-state index contributed by atoms with van der Waals surface area (Å²) in [6, 6.07) is 0. The van der Waals surface area contributed by atoms with Gasteiger partial charge in [-0.05, 0) is 12.8 Å². The molecule has 90 valence electrons. The summed E-state index contributed by atoms with van der Waals surface area (Å²) in [6.45, 7) is -1.16. The smallest absolute Gasteiger partial charge is 0.393 e. The molecule has 2 nitrogen and oxygen atoms in total. The van der Waals surface area contributed by atoms with Crippen molar-refractivity contribution in [3.8, 4) is 0 Å². The summed E-state index contributed by atoms with van der Waals surface area (Å²) >= 11 is 0. The van der Waals surface area contributed by atoms with E-state index in [2.05, 4.69) is 0 Å². The van der Waals surface area contributed by atoms with Gasteiger partial charge in [0.1, 0.15) is 0 Å². The molecule has 0 aromatic heterocycles. The molecule has 0 aromatic rings. The molecule has 1 rings (SSSR count). The van der Waals surface area contributed by atoms with Crippen LogP contribution in [-0.4, -0.2) is 47.8 Å². The summed E-state index contributed by atoms with van der Waals surface area (Å²) in [6.07, 6.45) is -5.59. The minimum atomic E-state index is -5.50. The molecule has 0 bridgehead atoms. The minimum absolute atomic E-state index is 0.0762. The highest BCUT2D eigenvalue weighted by atomic mass is 19.4. The molecule has 7 heteroatoms. The number of likely N-dealkylation sites (tertiary alicyclic amines) is 1. The highest BCUT2D eigenvalue weighted by Gasteiger charge is 2.58. The van der Waals surface area contributed by atoms with Gasteiger partial charge in [0, 0.05) is 13.1 Å². The summed E-state index contributed by atoms with van der Waals surface area (Å²) in [5.74, 6) is -4.67. The first-order valence-corrected chi connectivity index (χ1v) is 4.57. The van der Waals surface area contributed by atoms with Gasteiger partial charge in [0.15, 0.2) is 0 Å². The molecule has 0 aromatic carbocycles. The van der Waals surface area contributed by atoms with Crippen LogP contribution in [0.3, 0.4) is 0 Å². The maximum Gasteiger partial charge on any atom is 0.454 e. The van der Waals surface area contributed by atoms with Gasteiger partial charge in [0.2, 0.25) is 0 Å². The Morgan fingerprint density at radius 3 is 1.93 bits per heavy atom. The molecule has 1 heterocycles. The lowest BCUT2D eigenvalue weighted by Crippen LogP contribution is -2.49. The van der Waals surface area contributed by atoms with Crippen molar-refractivity contribution in [2.75, 3.05) is 19.6 Å². The molecular formula is C8H12F5NO. The van der Waals surface area contributed by atoms with Crippen LogP contribution in [0.25, 0.3) is 0 Å². The number of aliphatic hydroxyl groups is 1. The lowest BCUT2D eigenvalue weighted by atomic mass is 10.1. The molecule has 0 spiro atoms. The Bertz CT molecular complexity index is 210. The van der Waals surface area contributed by atoms with Crippen LogP contribution < -0.4 is 0 Å². The molecular weight excluding hydrogens is 221 g/mol. The Hall–Kier alpha value is -0.430. The molecule has 1 N–H and O–H groups in total. The fourth-order valence-corrected chi connectivity index (χ4v) is 1.45. The number of piperidine rings is 1. The van der Waals surface area contributed by atoms with E-state index in [0.29, 0.717) is 0 Å². The van der Waals surface area contributed by atoms with Crippen molar-refractivity contribution in [1.82, 2.24) is 4.90 Å². The molecule has 1 aliphatic rings. The van der Waals surface area contributed by atoms with Crippen molar-refractivity contribution in [2.45, 2.75) is 31.0 Å². The Morgan fingerprint density at radius 1 is 1.07 bits per heavy atom. The normalized spacial score (nSPS) is 22.0. The fraction of sp³-hybridized carbons (Fsp3) is 1.00. The Morgan fingerprint density at radius 2 is 1.53 bits per heavy atom. The summed E-state index contributed by atoms with van der Waals surface area (Å²) in [7, 11) is 0. The number of alkyl halides is 5. The van der Waals surface area contributed by atoms with Gasteiger partial charge >= 0.3 is 12.1 Å². The van der Waals surface area contributed by atoms with Crippen molar-refractivity contribution >= 4 is 0 Å². The van der Waals surface area contributed by atoms with E-state index in [1.807, 2.05) is 0 Å². The first-order valence-electron chi connectivity index (χ1n) is 4.57. The van der Waals surface area contributed by atoms with Crippen molar-refractivity contribution in [1.29, 1.82) is 0 Å². The molecule has 1 saturated heterocycles. The minimum Gasteiger partial charge on any atom is -0.393 e. The Kier molecular flexibility index (Phi) is 3.55. The number of hydrogen-bond acceptors (Lipinski definition) is 2. The number of hydrogen-bond donors (Lipinski definition) is 1. The molecule has 0 saturated carbocycles. The van der Waals surface area contributed by atoms with Gasteiger partial charge in [-0.25, -0.2) is 0 Å². The molecule has 0 amide bonds. The highest BCUT2D eigenvalue weighted by molar-refractivity contribution is 4.82. The topological polar surface area (TPSA) is 23.5 Å². The van der Waals surface area contributed by atoms with Crippen LogP contribution in [0, 0.1) is 0 Å². The first-order chi connectivity index (χ1) is 6.72. The van der Waals surface area contributed by atoms with Crippen molar-refractivity contribution < 1.29 is 27.1 Å². The van der Waals surface area contributed by atoms with Crippen LogP contribution in [0.5, 0.6) is 0 Å². The second-order valence-corrected chi connectivity index (χ2v) is 3.71. The lowest BCUT2D eigenvalue weighted by Gasteiger charge is -2.32. The number of halogens is 5. The summed E-state index contributed by atoms with van der Waals surface area (Å²) in [4.78, 5) is 1.03. The number of rotatable bonds is 2. The zero-order valence-electron chi connectivity index (χ0n) is 7.90. The van der Waals surface area contributed by atoms with Crippen LogP contribution in [0.2, 0.25) is 0 Å². The van der Waals surface area contributed by atoms with Gasteiger partial charge in [0.05, 0.1) is 12.6 Å². The van der Waals surface area contributed by atoms with E-state index < -0.39 is 24.7 Å². The quantitative estimate of drug-likeness (QED) is 0.733. The third-order valence-electron chi connectivity index (χ3n) is 2.39. The summed E-state index contributed by atoms with van der Waals surface area (Å²) in [5.41, 5.74) is 0. The highest BCUT2D eigenvalue weighted by Crippen LogP contribution is 2.36. The maximum absolute atomic E-state index is 12.6. The monoisotopic (exact) mass is 233 g/mol. The van der Waals surface area contributed by atoms with Crippen LogP contribution in [-0.2, 0) is 0 Å². The molecule has 0 unspecified atom stereocenters. The largest absolute Gasteiger partial charge is 0.454 e. The molecule has 1 aliphatic heterocycles. The van der Waals surface area contributed by atoms with Crippen molar-refractivity contribution in [2.24, 2.45) is 0 Å². The van der Waals surface area contributed by atoms with E-state index in [9.17, 15) is 22.0 Å². The average molecular weight is 233 g/mol. The predicted molar refractivity (Wildman–Crippen MR) is 42.7 cm³/mol. The van der Waals surface area contributed by atoms with Gasteiger partial charge in [0.25, 0.3) is 0 Å². The van der Waals surface area contributed by atoms with Crippen molar-refractivity contribution in [3.63, 3.8) is 0 Å². The van der Waals surface area contributed by atoms with Gasteiger partial charge in [-0.1, -0.05) is 0 Å². The standard InChI is InChI=1S/C8H12F5NO/c9-7(10,8(11,12)13)5-14-3-1-6(15)2-4-14/h6,15H,1-5H2. The maximum atomic E-state index is 12.6. The SMILES string of the molecule is OC1CCN(CC(F)(F)C(F)(F)F)CC1. The van der Waals surface area contributed by atoms with Crippen molar-refractivity contribution in [3.05, 3.63) is 0 Å². The summed E-state index contributed by atoms with van der Waals surface area (Å²) < 4.78 is 60.7. The predicted octanol–water partition coefficient (Wildman–Crippen LogP) is 1.64. The van der Waals surface area contributed by atoms with Gasteiger partial charge in [-0.15, -0.1) is 0 Å². The van der Waals surface area contributed by atoms with Gasteiger partial charge in [-0.2, -0.15) is 22.0 Å². The molecule has 1 fully saturated rings. The first kappa shape index (κ1) is 12.6. The third-order valence-corrected chi connectivity index (χ3v) is 2.39. The molecule has 15 heavy (non-hydrogen) atoms. The molecule has 0 aliphatic carbocycles. The van der Waals surface area contributed by atoms with E-state index in [1.165, 1.54) is 0 Å². The molecule has 0 radical (unpaired) electrons. The van der Waals surface area contributed by atoms with E-state index >= 15 is 0 Å². The van der Waals surface area contributed by atoms with Crippen LogP contribution in [0.15, 0.2) is 0 Å². The van der Waals surface area contributed by atoms with E-state index in [0.717, 1.165) is 4.90 Å². The summed E-state index contributed by atoms with van der Waals surface area (Å²) in [5, 5.41) is 9.05. The Labute approximate surface area is 83.7 Å². The van der Waals surface area contributed by atoms with Crippen LogP contribution >= 0.6 is 0 Å². The zero-order chi connectivity index (χ0) is 11.7. The molecule has 0 atom stereocenters. The van der Waals surface area contributed by atoms with E-state index in [4.69, 9.17) is 5.11 Å². The number of aliphatic hydroxyl groups excluding tert-OH is 1. The lowest BCUT2D eigenvalue weighted by molar-refractivity contribution is -0.287. The van der Waals surface area contributed by atoms with Gasteiger partial charge < -0.3 is 5.11 Å². The zero-order valence-corrected chi connectivity index (χ0v) is 7.90. The van der Waals surface area contributed by atoms with Crippen LogP contribution in [0.4, 0.5) is 22.0 Å². The van der Waals surface area contributed by atoms with E-state index in [-0.39, 0.29) is 25.9 Å². The fourth-order valence-electron chi connectivity index (χ4n) is 1.45. The Balaban J connectivity index is 2.48. The van der Waals surface area contributed by atoms with Crippen LogP contribution in [0.1, 0.15) is 12.8 Å². The van der Waals surface area contributed by atoms with E-state index in [1.54, 1.807) is 0 Å². The third kappa shape index (κ3) is 3.27. The number of nitrogens with zero attached hydrogens (tertiary/aromatic N) is 1. The van der Waals surface area contributed by atoms with Gasteiger partial charge in [-0.3, -0.25) is 4.90 Å². The second-order valence-electron chi connectivity index (χ2n) is 3.71.